The molecule has 0 amide bonds. The molecule has 2 atom stereocenters. The van der Waals surface area contributed by atoms with Crippen molar-refractivity contribution >= 4 is 0 Å². The van der Waals surface area contributed by atoms with Gasteiger partial charge in [-0.25, -0.2) is 0 Å². The SMILES string of the molecule is CN(C)C1CCN(C(CCN)C(F)(F)F)C1. The van der Waals surface area contributed by atoms with Crippen LogP contribution in [0.4, 0.5) is 13.2 Å². The Morgan fingerprint density at radius 1 is 1.44 bits per heavy atom. The zero-order valence-electron chi connectivity index (χ0n) is 9.80. The monoisotopic (exact) mass is 239 g/mol. The molecule has 1 aliphatic heterocycles. The van der Waals surface area contributed by atoms with Crippen LogP contribution in [0.2, 0.25) is 0 Å². The molecule has 0 saturated carbocycles. The van der Waals surface area contributed by atoms with Crippen LogP contribution in [0, 0.1) is 0 Å². The van der Waals surface area contributed by atoms with Crippen LogP contribution in [0.25, 0.3) is 0 Å². The third kappa shape index (κ3) is 3.33. The van der Waals surface area contributed by atoms with Crippen LogP contribution in [0.5, 0.6) is 0 Å². The van der Waals surface area contributed by atoms with E-state index in [0.29, 0.717) is 13.1 Å². The normalized spacial score (nSPS) is 25.3. The van der Waals surface area contributed by atoms with E-state index in [1.807, 2.05) is 19.0 Å². The predicted octanol–water partition coefficient (Wildman–Crippen LogP) is 0.902. The summed E-state index contributed by atoms with van der Waals surface area (Å²) in [5.41, 5.74) is 5.25. The van der Waals surface area contributed by atoms with Crippen LogP contribution < -0.4 is 5.73 Å². The summed E-state index contributed by atoms with van der Waals surface area (Å²) < 4.78 is 38.3. The molecule has 0 radical (unpaired) electrons. The molecule has 0 aromatic rings. The lowest BCUT2D eigenvalue weighted by Crippen LogP contribution is -2.46. The number of hydrogen-bond acceptors (Lipinski definition) is 3. The van der Waals surface area contributed by atoms with Crippen LogP contribution in [0.1, 0.15) is 12.8 Å². The second-order valence-electron chi connectivity index (χ2n) is 4.54. The molecule has 2 N–H and O–H groups in total. The van der Waals surface area contributed by atoms with Crippen molar-refractivity contribution < 1.29 is 13.2 Å². The minimum Gasteiger partial charge on any atom is -0.330 e. The van der Waals surface area contributed by atoms with E-state index in [1.54, 1.807) is 0 Å². The highest BCUT2D eigenvalue weighted by atomic mass is 19.4. The maximum Gasteiger partial charge on any atom is 0.404 e. The Kier molecular flexibility index (Phi) is 4.58. The molecule has 6 heteroatoms. The summed E-state index contributed by atoms with van der Waals surface area (Å²) in [5.74, 6) is 0. The topological polar surface area (TPSA) is 32.5 Å². The van der Waals surface area contributed by atoms with E-state index < -0.39 is 12.2 Å². The lowest BCUT2D eigenvalue weighted by Gasteiger charge is -2.30. The van der Waals surface area contributed by atoms with E-state index in [0.717, 1.165) is 6.42 Å². The predicted molar refractivity (Wildman–Crippen MR) is 57.2 cm³/mol. The first kappa shape index (κ1) is 13.7. The van der Waals surface area contributed by atoms with Gasteiger partial charge in [0.1, 0.15) is 6.04 Å². The molecule has 2 unspecified atom stereocenters. The quantitative estimate of drug-likeness (QED) is 0.791. The summed E-state index contributed by atoms with van der Waals surface area (Å²) in [7, 11) is 3.80. The van der Waals surface area contributed by atoms with Gasteiger partial charge in [-0.1, -0.05) is 0 Å². The molecule has 0 aliphatic carbocycles. The number of hydrogen-bond donors (Lipinski definition) is 1. The van der Waals surface area contributed by atoms with E-state index in [9.17, 15) is 13.2 Å². The summed E-state index contributed by atoms with van der Waals surface area (Å²) in [4.78, 5) is 3.49. The van der Waals surface area contributed by atoms with Gasteiger partial charge < -0.3 is 10.6 Å². The van der Waals surface area contributed by atoms with Crippen molar-refractivity contribution in [1.82, 2.24) is 9.80 Å². The van der Waals surface area contributed by atoms with Gasteiger partial charge in [0.2, 0.25) is 0 Å². The summed E-state index contributed by atoms with van der Waals surface area (Å²) >= 11 is 0. The standard InChI is InChI=1S/C10H20F3N3/c1-15(2)8-4-6-16(7-8)9(3-5-14)10(11,12)13/h8-9H,3-7,14H2,1-2H3. The van der Waals surface area contributed by atoms with E-state index in [-0.39, 0.29) is 19.0 Å². The summed E-state index contributed by atoms with van der Waals surface area (Å²) in [5, 5.41) is 0. The lowest BCUT2D eigenvalue weighted by molar-refractivity contribution is -0.182. The Morgan fingerprint density at radius 2 is 2.06 bits per heavy atom. The Bertz CT molecular complexity index is 218. The molecule has 0 aromatic heterocycles. The molecule has 16 heavy (non-hydrogen) atoms. The average Bonchev–Trinajstić information content (AvgIpc) is 2.60. The highest BCUT2D eigenvalue weighted by molar-refractivity contribution is 4.88. The number of nitrogens with zero attached hydrogens (tertiary/aromatic N) is 2. The van der Waals surface area contributed by atoms with Crippen molar-refractivity contribution in [2.45, 2.75) is 31.1 Å². The van der Waals surface area contributed by atoms with E-state index in [1.165, 1.54) is 4.90 Å². The lowest BCUT2D eigenvalue weighted by atomic mass is 10.1. The Hall–Kier alpha value is -0.330. The van der Waals surface area contributed by atoms with Gasteiger partial charge in [0, 0.05) is 19.1 Å². The van der Waals surface area contributed by atoms with E-state index >= 15 is 0 Å². The van der Waals surface area contributed by atoms with Gasteiger partial charge >= 0.3 is 6.18 Å². The van der Waals surface area contributed by atoms with Gasteiger partial charge in [-0.05, 0) is 33.5 Å². The Labute approximate surface area is 94.4 Å². The van der Waals surface area contributed by atoms with Crippen molar-refractivity contribution in [2.75, 3.05) is 33.7 Å². The van der Waals surface area contributed by atoms with Crippen LogP contribution in [0.15, 0.2) is 0 Å². The van der Waals surface area contributed by atoms with Crippen LogP contribution in [-0.4, -0.2) is 61.8 Å². The molecule has 1 fully saturated rings. The summed E-state index contributed by atoms with van der Waals surface area (Å²) in [6, 6.07) is -1.15. The van der Waals surface area contributed by atoms with Crippen molar-refractivity contribution in [2.24, 2.45) is 5.73 Å². The molecule has 0 bridgehead atoms. The average molecular weight is 239 g/mol. The molecule has 1 aliphatic rings. The number of nitrogens with two attached hydrogens (primary N) is 1. The van der Waals surface area contributed by atoms with Gasteiger partial charge in [-0.3, -0.25) is 4.90 Å². The molecule has 1 saturated heterocycles. The second kappa shape index (κ2) is 5.33. The maximum absolute atomic E-state index is 12.8. The third-order valence-electron chi connectivity index (χ3n) is 3.18. The highest BCUT2D eigenvalue weighted by Crippen LogP contribution is 2.30. The van der Waals surface area contributed by atoms with Gasteiger partial charge in [-0.2, -0.15) is 13.2 Å². The molecule has 1 heterocycles. The minimum atomic E-state index is -4.17. The molecule has 3 nitrogen and oxygen atoms in total. The van der Waals surface area contributed by atoms with Crippen molar-refractivity contribution in [3.05, 3.63) is 0 Å². The number of rotatable bonds is 4. The van der Waals surface area contributed by atoms with E-state index in [4.69, 9.17) is 5.73 Å². The summed E-state index contributed by atoms with van der Waals surface area (Å²) in [6.45, 7) is 1.07. The van der Waals surface area contributed by atoms with Crippen molar-refractivity contribution in [1.29, 1.82) is 0 Å². The van der Waals surface area contributed by atoms with Gasteiger partial charge in [0.15, 0.2) is 0 Å². The van der Waals surface area contributed by atoms with E-state index in [2.05, 4.69) is 0 Å². The minimum absolute atomic E-state index is 0.0103. The Balaban J connectivity index is 2.61. The summed E-state index contributed by atoms with van der Waals surface area (Å²) in [6.07, 6.45) is -3.38. The zero-order chi connectivity index (χ0) is 12.3. The molecular formula is C10H20F3N3. The van der Waals surface area contributed by atoms with Crippen molar-refractivity contribution in [3.8, 4) is 0 Å². The number of alkyl halides is 3. The highest BCUT2D eigenvalue weighted by Gasteiger charge is 2.45. The third-order valence-corrected chi connectivity index (χ3v) is 3.18. The van der Waals surface area contributed by atoms with Crippen LogP contribution in [-0.2, 0) is 0 Å². The van der Waals surface area contributed by atoms with Crippen molar-refractivity contribution in [3.63, 3.8) is 0 Å². The fourth-order valence-corrected chi connectivity index (χ4v) is 2.18. The van der Waals surface area contributed by atoms with Gasteiger partial charge in [0.05, 0.1) is 0 Å². The number of halogens is 3. The number of likely N-dealkylation sites (N-methyl/N-ethyl adjacent to an activating group) is 1. The molecular weight excluding hydrogens is 219 g/mol. The first-order valence-electron chi connectivity index (χ1n) is 5.53. The smallest absolute Gasteiger partial charge is 0.330 e. The Morgan fingerprint density at radius 3 is 2.44 bits per heavy atom. The zero-order valence-corrected chi connectivity index (χ0v) is 9.80. The maximum atomic E-state index is 12.8. The molecule has 0 aromatic carbocycles. The fourth-order valence-electron chi connectivity index (χ4n) is 2.18. The van der Waals surface area contributed by atoms with Crippen LogP contribution >= 0.6 is 0 Å². The molecule has 1 rings (SSSR count). The number of likely N-dealkylation sites (tertiary alicyclic amines) is 1. The molecule has 96 valence electrons. The molecule has 0 spiro atoms. The van der Waals surface area contributed by atoms with Crippen LogP contribution in [0.3, 0.4) is 0 Å². The largest absolute Gasteiger partial charge is 0.404 e. The van der Waals surface area contributed by atoms with Gasteiger partial charge in [-0.15, -0.1) is 0 Å². The van der Waals surface area contributed by atoms with Gasteiger partial charge in [0.25, 0.3) is 0 Å². The first-order valence-corrected chi connectivity index (χ1v) is 5.53. The fraction of sp³-hybridized carbons (Fsp3) is 1.00. The first-order chi connectivity index (χ1) is 7.36. The second-order valence-corrected chi connectivity index (χ2v) is 4.54.